The standard InChI is InChI=1S/C15H14N4O3S/c1-23(21,22)18-8-10-3-2-4-12(13(10)9-18)14-6-5-11-7-16-15(20)17-19(11)14/h2-7H,8-9H2,1H3,(H,17,20). The van der Waals surface area contributed by atoms with Gasteiger partial charge in [-0.05, 0) is 23.3 Å². The molecule has 8 heteroatoms. The molecule has 7 nitrogen and oxygen atoms in total. The number of benzene rings is 1. The van der Waals surface area contributed by atoms with Crippen LogP contribution in [0.1, 0.15) is 11.1 Å². The van der Waals surface area contributed by atoms with Gasteiger partial charge in [-0.15, -0.1) is 0 Å². The molecule has 0 spiro atoms. The maximum absolute atomic E-state index is 11.8. The normalized spacial score (nSPS) is 15.2. The molecule has 1 aromatic carbocycles. The molecule has 0 atom stereocenters. The Hall–Kier alpha value is -2.45. The molecule has 1 aliphatic rings. The highest BCUT2D eigenvalue weighted by Crippen LogP contribution is 2.34. The Balaban J connectivity index is 1.91. The number of rotatable bonds is 2. The van der Waals surface area contributed by atoms with Gasteiger partial charge in [0, 0.05) is 18.7 Å². The van der Waals surface area contributed by atoms with Gasteiger partial charge in [0.2, 0.25) is 10.0 Å². The fourth-order valence-electron chi connectivity index (χ4n) is 3.00. The van der Waals surface area contributed by atoms with Crippen molar-refractivity contribution >= 4 is 15.5 Å². The minimum atomic E-state index is -3.25. The van der Waals surface area contributed by atoms with Crippen LogP contribution in [0.4, 0.5) is 0 Å². The molecule has 3 heterocycles. The average molecular weight is 330 g/mol. The molecule has 0 unspecified atom stereocenters. The molecule has 23 heavy (non-hydrogen) atoms. The minimum Gasteiger partial charge on any atom is -0.250 e. The molecule has 118 valence electrons. The van der Waals surface area contributed by atoms with Gasteiger partial charge < -0.3 is 0 Å². The van der Waals surface area contributed by atoms with E-state index >= 15 is 0 Å². The zero-order chi connectivity index (χ0) is 16.2. The molecule has 3 aromatic rings. The molecule has 0 saturated carbocycles. The summed E-state index contributed by atoms with van der Waals surface area (Å²) in [6.07, 6.45) is 2.72. The first-order valence-electron chi connectivity index (χ1n) is 7.06. The molecular weight excluding hydrogens is 316 g/mol. The first-order valence-corrected chi connectivity index (χ1v) is 8.91. The third-order valence-electron chi connectivity index (χ3n) is 4.13. The fourth-order valence-corrected chi connectivity index (χ4v) is 3.74. The smallest absolute Gasteiger partial charge is 0.250 e. The van der Waals surface area contributed by atoms with Crippen LogP contribution < -0.4 is 5.69 Å². The molecule has 1 aliphatic heterocycles. The van der Waals surface area contributed by atoms with E-state index in [1.807, 2.05) is 30.3 Å². The molecule has 1 N–H and O–H groups in total. The maximum atomic E-state index is 11.8. The van der Waals surface area contributed by atoms with Crippen molar-refractivity contribution in [1.82, 2.24) is 18.9 Å². The number of aromatic amines is 1. The predicted octanol–water partition coefficient (Wildman–Crippen LogP) is 0.965. The summed E-state index contributed by atoms with van der Waals surface area (Å²) in [6.45, 7) is 0.719. The summed E-state index contributed by atoms with van der Waals surface area (Å²) in [4.78, 5) is 15.2. The Bertz CT molecular complexity index is 1080. The first-order chi connectivity index (χ1) is 10.9. The molecule has 4 rings (SSSR count). The average Bonchev–Trinajstić information content (AvgIpc) is 3.09. The Morgan fingerprint density at radius 3 is 2.78 bits per heavy atom. The Morgan fingerprint density at radius 1 is 1.17 bits per heavy atom. The van der Waals surface area contributed by atoms with Crippen molar-refractivity contribution in [2.45, 2.75) is 13.1 Å². The van der Waals surface area contributed by atoms with Gasteiger partial charge in [-0.3, -0.25) is 4.52 Å². The third kappa shape index (κ3) is 2.27. The van der Waals surface area contributed by atoms with Crippen molar-refractivity contribution in [3.8, 4) is 11.3 Å². The van der Waals surface area contributed by atoms with E-state index < -0.39 is 15.7 Å². The van der Waals surface area contributed by atoms with Crippen molar-refractivity contribution < 1.29 is 8.42 Å². The lowest BCUT2D eigenvalue weighted by Crippen LogP contribution is -2.23. The second kappa shape index (κ2) is 4.77. The molecule has 2 aromatic heterocycles. The Kier molecular flexibility index (Phi) is 2.94. The van der Waals surface area contributed by atoms with Crippen molar-refractivity contribution in [3.63, 3.8) is 0 Å². The van der Waals surface area contributed by atoms with Crippen LogP contribution in [-0.2, 0) is 23.1 Å². The summed E-state index contributed by atoms with van der Waals surface area (Å²) in [5, 5.41) is 2.69. The number of fused-ring (bicyclic) bond motifs is 2. The van der Waals surface area contributed by atoms with Crippen LogP contribution in [0.5, 0.6) is 0 Å². The highest BCUT2D eigenvalue weighted by Gasteiger charge is 2.28. The van der Waals surface area contributed by atoms with Gasteiger partial charge in [0.25, 0.3) is 0 Å². The van der Waals surface area contributed by atoms with Crippen LogP contribution in [0.15, 0.2) is 41.3 Å². The summed E-state index contributed by atoms with van der Waals surface area (Å²) in [7, 11) is -3.25. The number of nitrogens with one attached hydrogen (secondary N) is 1. The van der Waals surface area contributed by atoms with Gasteiger partial charge in [0.1, 0.15) is 0 Å². The van der Waals surface area contributed by atoms with Crippen molar-refractivity contribution in [2.24, 2.45) is 0 Å². The monoisotopic (exact) mass is 330 g/mol. The van der Waals surface area contributed by atoms with E-state index in [-0.39, 0.29) is 0 Å². The van der Waals surface area contributed by atoms with Crippen LogP contribution in [-0.4, -0.2) is 33.6 Å². The van der Waals surface area contributed by atoms with Gasteiger partial charge in [-0.2, -0.15) is 9.29 Å². The van der Waals surface area contributed by atoms with E-state index in [1.54, 1.807) is 4.52 Å². The lowest BCUT2D eigenvalue weighted by Gasteiger charge is -2.11. The predicted molar refractivity (Wildman–Crippen MR) is 85.3 cm³/mol. The Labute approximate surface area is 132 Å². The van der Waals surface area contributed by atoms with Crippen molar-refractivity contribution in [2.75, 3.05) is 6.26 Å². The summed E-state index contributed by atoms with van der Waals surface area (Å²) < 4.78 is 26.8. The number of aromatic nitrogens is 3. The van der Waals surface area contributed by atoms with Crippen LogP contribution in [0, 0.1) is 0 Å². The summed E-state index contributed by atoms with van der Waals surface area (Å²) in [6, 6.07) is 9.53. The fraction of sp³-hybridized carbons (Fsp3) is 0.200. The summed E-state index contributed by atoms with van der Waals surface area (Å²) in [5.74, 6) is 0. The second-order valence-electron chi connectivity index (χ2n) is 5.63. The van der Waals surface area contributed by atoms with Gasteiger partial charge >= 0.3 is 5.69 Å². The van der Waals surface area contributed by atoms with Gasteiger partial charge in [0.15, 0.2) is 0 Å². The molecule has 0 amide bonds. The van der Waals surface area contributed by atoms with E-state index in [0.29, 0.717) is 13.1 Å². The molecule has 0 bridgehead atoms. The van der Waals surface area contributed by atoms with E-state index in [1.165, 1.54) is 16.8 Å². The molecule has 0 aliphatic carbocycles. The number of H-pyrrole nitrogens is 1. The van der Waals surface area contributed by atoms with Crippen molar-refractivity contribution in [3.05, 3.63) is 58.1 Å². The minimum absolute atomic E-state index is 0.340. The highest BCUT2D eigenvalue weighted by atomic mass is 32.2. The quantitative estimate of drug-likeness (QED) is 0.758. The maximum Gasteiger partial charge on any atom is 0.360 e. The third-order valence-corrected chi connectivity index (χ3v) is 5.33. The summed E-state index contributed by atoms with van der Waals surface area (Å²) in [5.41, 5.74) is 4.02. The van der Waals surface area contributed by atoms with E-state index in [9.17, 15) is 13.2 Å². The molecule has 0 fully saturated rings. The molecule has 0 radical (unpaired) electrons. The largest absolute Gasteiger partial charge is 0.360 e. The highest BCUT2D eigenvalue weighted by molar-refractivity contribution is 7.88. The van der Waals surface area contributed by atoms with Gasteiger partial charge in [0.05, 0.1) is 23.7 Å². The van der Waals surface area contributed by atoms with Crippen LogP contribution in [0.2, 0.25) is 0 Å². The zero-order valence-corrected chi connectivity index (χ0v) is 13.2. The summed E-state index contributed by atoms with van der Waals surface area (Å²) >= 11 is 0. The lowest BCUT2D eigenvalue weighted by molar-refractivity contribution is 0.436. The number of nitrogens with zero attached hydrogens (tertiary/aromatic N) is 3. The second-order valence-corrected chi connectivity index (χ2v) is 7.61. The van der Waals surface area contributed by atoms with Crippen LogP contribution >= 0.6 is 0 Å². The van der Waals surface area contributed by atoms with E-state index in [2.05, 4.69) is 10.1 Å². The Morgan fingerprint density at radius 2 is 2.00 bits per heavy atom. The van der Waals surface area contributed by atoms with Crippen molar-refractivity contribution in [1.29, 1.82) is 0 Å². The first kappa shape index (κ1) is 14.2. The van der Waals surface area contributed by atoms with Gasteiger partial charge in [-0.1, -0.05) is 18.2 Å². The van der Waals surface area contributed by atoms with E-state index in [0.717, 1.165) is 27.9 Å². The molecular formula is C15H14N4O3S. The van der Waals surface area contributed by atoms with Gasteiger partial charge in [-0.25, -0.2) is 18.3 Å². The van der Waals surface area contributed by atoms with Crippen LogP contribution in [0.3, 0.4) is 0 Å². The number of hydrogen-bond acceptors (Lipinski definition) is 4. The number of sulfonamides is 1. The van der Waals surface area contributed by atoms with E-state index in [4.69, 9.17) is 0 Å². The lowest BCUT2D eigenvalue weighted by atomic mass is 10.0. The number of hydrogen-bond donors (Lipinski definition) is 1. The van der Waals surface area contributed by atoms with Crippen LogP contribution in [0.25, 0.3) is 16.8 Å². The SMILES string of the molecule is CS(=O)(=O)N1Cc2cccc(-c3ccc4cnc(=O)[nH]n34)c2C1. The molecule has 0 saturated heterocycles. The zero-order valence-electron chi connectivity index (χ0n) is 12.4. The topological polar surface area (TPSA) is 87.5 Å².